The van der Waals surface area contributed by atoms with E-state index >= 15 is 0 Å². The van der Waals surface area contributed by atoms with Gasteiger partial charge in [0.25, 0.3) is 5.91 Å². The number of amides is 1. The predicted octanol–water partition coefficient (Wildman–Crippen LogP) is 5.79. The van der Waals surface area contributed by atoms with Gasteiger partial charge in [-0.15, -0.1) is 11.3 Å². The van der Waals surface area contributed by atoms with Crippen molar-refractivity contribution in [1.29, 1.82) is 0 Å². The highest BCUT2D eigenvalue weighted by Gasteiger charge is 2.38. The van der Waals surface area contributed by atoms with E-state index in [1.807, 2.05) is 54.5 Å². The summed E-state index contributed by atoms with van der Waals surface area (Å²) in [6, 6.07) is 8.07. The number of rotatable bonds is 5. The van der Waals surface area contributed by atoms with Gasteiger partial charge in [-0.25, -0.2) is 4.98 Å². The predicted molar refractivity (Wildman–Crippen MR) is 121 cm³/mol. The van der Waals surface area contributed by atoms with Crippen molar-refractivity contribution in [3.8, 4) is 5.75 Å². The van der Waals surface area contributed by atoms with Crippen LogP contribution in [0.4, 0.5) is 5.13 Å². The minimum absolute atomic E-state index is 0.0582. The Morgan fingerprint density at radius 3 is 2.66 bits per heavy atom. The van der Waals surface area contributed by atoms with Crippen molar-refractivity contribution in [3.63, 3.8) is 0 Å². The SMILES string of the molecule is CCOc1ccc(/C=C2\S/C(=N/c3nc(C)cs3)N(C3CCCCC3)C2=O)cc1. The van der Waals surface area contributed by atoms with Crippen LogP contribution in [0.1, 0.15) is 50.3 Å². The van der Waals surface area contributed by atoms with Crippen molar-refractivity contribution in [2.45, 2.75) is 52.0 Å². The second kappa shape index (κ2) is 9.13. The lowest BCUT2D eigenvalue weighted by Gasteiger charge is -2.30. The molecule has 0 N–H and O–H groups in total. The summed E-state index contributed by atoms with van der Waals surface area (Å²) < 4.78 is 5.51. The maximum atomic E-state index is 13.3. The van der Waals surface area contributed by atoms with E-state index in [2.05, 4.69) is 4.98 Å². The third-order valence-corrected chi connectivity index (χ3v) is 6.90. The zero-order chi connectivity index (χ0) is 20.2. The van der Waals surface area contributed by atoms with E-state index in [-0.39, 0.29) is 11.9 Å². The van der Waals surface area contributed by atoms with Crippen LogP contribution in [0.15, 0.2) is 39.5 Å². The number of ether oxygens (including phenoxy) is 1. The zero-order valence-corrected chi connectivity index (χ0v) is 18.4. The Morgan fingerprint density at radius 2 is 2.00 bits per heavy atom. The summed E-state index contributed by atoms with van der Waals surface area (Å²) in [5, 5.41) is 3.46. The quantitative estimate of drug-likeness (QED) is 0.567. The second-order valence-electron chi connectivity index (χ2n) is 7.25. The van der Waals surface area contributed by atoms with E-state index in [0.29, 0.717) is 16.6 Å². The number of amidine groups is 1. The zero-order valence-electron chi connectivity index (χ0n) is 16.8. The van der Waals surface area contributed by atoms with Gasteiger partial charge in [0.2, 0.25) is 5.13 Å². The maximum absolute atomic E-state index is 13.3. The van der Waals surface area contributed by atoms with Gasteiger partial charge in [0.05, 0.1) is 17.2 Å². The minimum Gasteiger partial charge on any atom is -0.494 e. The van der Waals surface area contributed by atoms with Gasteiger partial charge in [0, 0.05) is 11.4 Å². The van der Waals surface area contributed by atoms with Crippen molar-refractivity contribution in [1.82, 2.24) is 9.88 Å². The molecule has 4 rings (SSSR count). The molecule has 0 spiro atoms. The van der Waals surface area contributed by atoms with Crippen LogP contribution in [-0.4, -0.2) is 33.6 Å². The molecule has 29 heavy (non-hydrogen) atoms. The third-order valence-electron chi connectivity index (χ3n) is 5.06. The monoisotopic (exact) mass is 427 g/mol. The molecule has 0 unspecified atom stereocenters. The maximum Gasteiger partial charge on any atom is 0.267 e. The highest BCUT2D eigenvalue weighted by molar-refractivity contribution is 8.18. The van der Waals surface area contributed by atoms with Crippen molar-refractivity contribution in [2.24, 2.45) is 4.99 Å². The molecule has 1 aromatic heterocycles. The number of aliphatic imine (C=N–C) groups is 1. The van der Waals surface area contributed by atoms with Crippen LogP contribution >= 0.6 is 23.1 Å². The molecule has 0 atom stereocenters. The minimum atomic E-state index is 0.0582. The topological polar surface area (TPSA) is 54.8 Å². The number of carbonyl (C=O) groups is 1. The fraction of sp³-hybridized carbons (Fsp3) is 0.409. The van der Waals surface area contributed by atoms with Crippen LogP contribution < -0.4 is 4.74 Å². The lowest BCUT2D eigenvalue weighted by molar-refractivity contribution is -0.124. The van der Waals surface area contributed by atoms with Gasteiger partial charge in [-0.1, -0.05) is 31.4 Å². The molecular weight excluding hydrogens is 402 g/mol. The molecule has 2 aromatic rings. The van der Waals surface area contributed by atoms with E-state index in [0.717, 1.165) is 35.0 Å². The van der Waals surface area contributed by atoms with Gasteiger partial charge in [-0.05, 0) is 62.2 Å². The molecular formula is C22H25N3O2S2. The summed E-state index contributed by atoms with van der Waals surface area (Å²) in [4.78, 5) is 25.1. The highest BCUT2D eigenvalue weighted by Crippen LogP contribution is 2.39. The van der Waals surface area contributed by atoms with Gasteiger partial charge >= 0.3 is 0 Å². The first-order valence-corrected chi connectivity index (χ1v) is 11.8. The van der Waals surface area contributed by atoms with Gasteiger partial charge in [0.15, 0.2) is 5.17 Å². The summed E-state index contributed by atoms with van der Waals surface area (Å²) in [6.45, 7) is 4.57. The fourth-order valence-electron chi connectivity index (χ4n) is 3.68. The van der Waals surface area contributed by atoms with Crippen LogP contribution in [0.3, 0.4) is 0 Å². The average Bonchev–Trinajstić information content (AvgIpc) is 3.27. The third kappa shape index (κ3) is 4.73. The molecule has 1 aliphatic carbocycles. The molecule has 7 heteroatoms. The smallest absolute Gasteiger partial charge is 0.267 e. The number of benzene rings is 1. The molecule has 152 valence electrons. The van der Waals surface area contributed by atoms with Crippen molar-refractivity contribution in [3.05, 3.63) is 45.8 Å². The van der Waals surface area contributed by atoms with Crippen LogP contribution in [-0.2, 0) is 4.79 Å². The molecule has 0 radical (unpaired) electrons. The second-order valence-corrected chi connectivity index (χ2v) is 9.09. The lowest BCUT2D eigenvalue weighted by Crippen LogP contribution is -2.40. The first-order chi connectivity index (χ1) is 14.1. The first-order valence-electron chi connectivity index (χ1n) is 10.1. The molecule has 1 aliphatic heterocycles. The number of hydrogen-bond donors (Lipinski definition) is 0. The standard InChI is InChI=1S/C22H25N3O2S2/c1-3-27-18-11-9-16(10-12-18)13-19-20(26)25(17-7-5-4-6-8-17)22(29-19)24-21-23-15(2)14-28-21/h9-14,17H,3-8H2,1-2H3/b19-13-,24-22+. The van der Waals surface area contributed by atoms with E-state index in [1.54, 1.807) is 0 Å². The number of thiazole rings is 1. The number of hydrogen-bond acceptors (Lipinski definition) is 6. The van der Waals surface area contributed by atoms with Crippen molar-refractivity contribution >= 4 is 45.4 Å². The van der Waals surface area contributed by atoms with Gasteiger partial charge in [-0.3, -0.25) is 9.69 Å². The molecule has 1 amide bonds. The van der Waals surface area contributed by atoms with Crippen LogP contribution in [0.25, 0.3) is 6.08 Å². The van der Waals surface area contributed by atoms with Crippen LogP contribution in [0, 0.1) is 6.92 Å². The van der Waals surface area contributed by atoms with E-state index in [9.17, 15) is 4.79 Å². The molecule has 1 saturated carbocycles. The van der Waals surface area contributed by atoms with Gasteiger partial charge < -0.3 is 4.74 Å². The molecule has 2 fully saturated rings. The number of nitrogens with zero attached hydrogens (tertiary/aromatic N) is 3. The summed E-state index contributed by atoms with van der Waals surface area (Å²) in [5.74, 6) is 0.896. The Balaban J connectivity index is 1.63. The molecule has 0 bridgehead atoms. The normalized spacial score (nSPS) is 20.8. The van der Waals surface area contributed by atoms with E-state index in [4.69, 9.17) is 9.73 Å². The molecule has 2 aliphatic rings. The van der Waals surface area contributed by atoms with Crippen LogP contribution in [0.5, 0.6) is 5.75 Å². The molecule has 5 nitrogen and oxygen atoms in total. The number of thioether (sulfide) groups is 1. The molecule has 2 heterocycles. The Bertz CT molecular complexity index is 928. The van der Waals surface area contributed by atoms with E-state index < -0.39 is 0 Å². The summed E-state index contributed by atoms with van der Waals surface area (Å²) in [6.07, 6.45) is 7.62. The van der Waals surface area contributed by atoms with Crippen molar-refractivity contribution < 1.29 is 9.53 Å². The Hall–Kier alpha value is -2.12. The Morgan fingerprint density at radius 1 is 1.24 bits per heavy atom. The summed E-state index contributed by atoms with van der Waals surface area (Å²) >= 11 is 2.97. The summed E-state index contributed by atoms with van der Waals surface area (Å²) in [5.41, 5.74) is 1.94. The molecule has 1 aromatic carbocycles. The first kappa shape index (κ1) is 20.2. The Labute approximate surface area is 179 Å². The summed E-state index contributed by atoms with van der Waals surface area (Å²) in [7, 11) is 0. The lowest BCUT2D eigenvalue weighted by atomic mass is 9.94. The van der Waals surface area contributed by atoms with E-state index in [1.165, 1.54) is 42.4 Å². The average molecular weight is 428 g/mol. The number of aryl methyl sites for hydroxylation is 1. The molecule has 1 saturated heterocycles. The largest absolute Gasteiger partial charge is 0.494 e. The van der Waals surface area contributed by atoms with Crippen molar-refractivity contribution in [2.75, 3.05) is 6.61 Å². The van der Waals surface area contributed by atoms with Gasteiger partial charge in [-0.2, -0.15) is 4.99 Å². The highest BCUT2D eigenvalue weighted by atomic mass is 32.2. The van der Waals surface area contributed by atoms with Crippen LogP contribution in [0.2, 0.25) is 0 Å². The fourth-order valence-corrected chi connectivity index (χ4v) is 5.44. The van der Waals surface area contributed by atoms with Gasteiger partial charge in [0.1, 0.15) is 5.75 Å². The number of carbonyl (C=O) groups excluding carboxylic acids is 1. The number of aromatic nitrogens is 1. The Kier molecular flexibility index (Phi) is 6.35.